The lowest BCUT2D eigenvalue weighted by Gasteiger charge is -2.40. The molecule has 160 valence electrons. The highest BCUT2D eigenvalue weighted by molar-refractivity contribution is 6.32. The van der Waals surface area contributed by atoms with E-state index in [0.717, 1.165) is 37.8 Å². The quantitative estimate of drug-likeness (QED) is 0.652. The molecule has 2 fully saturated rings. The number of carbonyl (C=O) groups excluding carboxylic acids is 1. The first-order valence-corrected chi connectivity index (χ1v) is 11.3. The van der Waals surface area contributed by atoms with Crippen molar-refractivity contribution in [2.45, 2.75) is 51.5 Å². The van der Waals surface area contributed by atoms with Crippen molar-refractivity contribution in [3.8, 4) is 11.6 Å². The number of halogens is 1. The zero-order chi connectivity index (χ0) is 20.9. The molecule has 7 heteroatoms. The monoisotopic (exact) mass is 428 g/mol. The number of piperazine rings is 1. The number of nitrogens with zero attached hydrogens (tertiary/aromatic N) is 4. The molecule has 1 saturated carbocycles. The summed E-state index contributed by atoms with van der Waals surface area (Å²) in [6.07, 6.45) is 8.47. The molecule has 1 saturated heterocycles. The predicted molar refractivity (Wildman–Crippen MR) is 118 cm³/mol. The Morgan fingerprint density at radius 1 is 1.20 bits per heavy atom. The highest BCUT2D eigenvalue weighted by atomic mass is 35.5. The van der Waals surface area contributed by atoms with Gasteiger partial charge in [-0.2, -0.15) is 0 Å². The normalized spacial score (nSPS) is 19.9. The van der Waals surface area contributed by atoms with Crippen LogP contribution in [-0.2, 0) is 4.79 Å². The molecule has 0 N–H and O–H groups in total. The Morgan fingerprint density at radius 2 is 2.00 bits per heavy atom. The number of para-hydroxylation sites is 1. The van der Waals surface area contributed by atoms with Crippen LogP contribution in [0.1, 0.15) is 45.4 Å². The average Bonchev–Trinajstić information content (AvgIpc) is 3.27. The Balaban J connectivity index is 1.34. The maximum absolute atomic E-state index is 12.7. The number of carbonyl (C=O) groups is 1. The van der Waals surface area contributed by atoms with Gasteiger partial charge in [0.2, 0.25) is 11.8 Å². The number of benzene rings is 1. The van der Waals surface area contributed by atoms with Crippen molar-refractivity contribution in [3.05, 3.63) is 41.7 Å². The summed E-state index contributed by atoms with van der Waals surface area (Å²) in [5, 5.41) is 0.538. The number of hydrogen-bond donors (Lipinski definition) is 0. The van der Waals surface area contributed by atoms with Crippen molar-refractivity contribution in [2.75, 3.05) is 24.5 Å². The van der Waals surface area contributed by atoms with E-state index in [-0.39, 0.29) is 6.04 Å². The minimum absolute atomic E-state index is 0.151. The van der Waals surface area contributed by atoms with Crippen molar-refractivity contribution in [3.63, 3.8) is 0 Å². The van der Waals surface area contributed by atoms with E-state index < -0.39 is 0 Å². The predicted octanol–water partition coefficient (Wildman–Crippen LogP) is 4.93. The fourth-order valence-corrected chi connectivity index (χ4v) is 4.68. The molecule has 2 aromatic rings. The van der Waals surface area contributed by atoms with Crippen molar-refractivity contribution in [1.29, 1.82) is 0 Å². The van der Waals surface area contributed by atoms with Gasteiger partial charge in [0.05, 0.1) is 5.02 Å². The fraction of sp³-hybridized carbons (Fsp3) is 0.522. The molecule has 0 bridgehead atoms. The Kier molecular flexibility index (Phi) is 6.72. The topological polar surface area (TPSA) is 58.6 Å². The highest BCUT2D eigenvalue weighted by Crippen LogP contribution is 2.30. The molecule has 30 heavy (non-hydrogen) atoms. The first kappa shape index (κ1) is 20.9. The van der Waals surface area contributed by atoms with Crippen LogP contribution < -0.4 is 9.64 Å². The zero-order valence-corrected chi connectivity index (χ0v) is 18.2. The van der Waals surface area contributed by atoms with E-state index in [4.69, 9.17) is 16.3 Å². The third-order valence-corrected chi connectivity index (χ3v) is 6.50. The van der Waals surface area contributed by atoms with Crippen LogP contribution in [0.2, 0.25) is 5.02 Å². The van der Waals surface area contributed by atoms with Crippen molar-refractivity contribution in [2.24, 2.45) is 5.92 Å². The van der Waals surface area contributed by atoms with Gasteiger partial charge in [0.25, 0.3) is 0 Å². The minimum atomic E-state index is 0.151. The van der Waals surface area contributed by atoms with E-state index in [1.165, 1.54) is 32.0 Å². The Hall–Kier alpha value is -2.34. The van der Waals surface area contributed by atoms with Crippen LogP contribution in [0.25, 0.3) is 0 Å². The molecule has 1 atom stereocenters. The standard InChI is InChI=1S/C23H29ClN4O2/c1-17-15-27(12-13-28(17)23(29)11-10-18-6-2-3-7-18)21-14-22(26-16-25-21)30-20-9-5-4-8-19(20)24/h4-5,8-9,14,16-18H,2-3,6-7,10-13,15H2,1H3. The van der Waals surface area contributed by atoms with Gasteiger partial charge in [-0.25, -0.2) is 9.97 Å². The number of rotatable bonds is 6. The summed E-state index contributed by atoms with van der Waals surface area (Å²) in [4.78, 5) is 25.6. The number of aromatic nitrogens is 2. The maximum atomic E-state index is 12.7. The molecule has 0 radical (unpaired) electrons. The Labute approximate surface area is 183 Å². The molecule has 6 nitrogen and oxygen atoms in total. The first-order chi connectivity index (χ1) is 14.6. The Bertz CT molecular complexity index is 872. The second-order valence-corrected chi connectivity index (χ2v) is 8.73. The molecular weight excluding hydrogens is 400 g/mol. The molecule has 1 aliphatic heterocycles. The summed E-state index contributed by atoms with van der Waals surface area (Å²) >= 11 is 6.18. The summed E-state index contributed by atoms with van der Waals surface area (Å²) in [5.74, 6) is 2.87. The summed E-state index contributed by atoms with van der Waals surface area (Å²) in [5.41, 5.74) is 0. The van der Waals surface area contributed by atoms with Crippen LogP contribution in [0, 0.1) is 5.92 Å². The largest absolute Gasteiger partial charge is 0.437 e. The lowest BCUT2D eigenvalue weighted by molar-refractivity contribution is -0.133. The van der Waals surface area contributed by atoms with Gasteiger partial charge in [0, 0.05) is 38.2 Å². The van der Waals surface area contributed by atoms with Gasteiger partial charge in [-0.3, -0.25) is 4.79 Å². The van der Waals surface area contributed by atoms with E-state index >= 15 is 0 Å². The van der Waals surface area contributed by atoms with Gasteiger partial charge >= 0.3 is 0 Å². The highest BCUT2D eigenvalue weighted by Gasteiger charge is 2.28. The van der Waals surface area contributed by atoms with E-state index in [1.807, 2.05) is 29.2 Å². The SMILES string of the molecule is CC1CN(c2cc(Oc3ccccc3Cl)ncn2)CCN1C(=O)CCC1CCCC1. The number of ether oxygens (including phenoxy) is 1. The van der Waals surface area contributed by atoms with Gasteiger partial charge < -0.3 is 14.5 Å². The summed E-state index contributed by atoms with van der Waals surface area (Å²) in [6.45, 7) is 4.33. The summed E-state index contributed by atoms with van der Waals surface area (Å²) < 4.78 is 5.83. The molecule has 1 aromatic carbocycles. The summed E-state index contributed by atoms with van der Waals surface area (Å²) in [6, 6.07) is 9.29. The Morgan fingerprint density at radius 3 is 2.77 bits per heavy atom. The van der Waals surface area contributed by atoms with Crippen LogP contribution in [-0.4, -0.2) is 46.5 Å². The first-order valence-electron chi connectivity index (χ1n) is 10.9. The van der Waals surface area contributed by atoms with Gasteiger partial charge in [-0.1, -0.05) is 49.4 Å². The molecule has 0 spiro atoms. The second kappa shape index (κ2) is 9.65. The lowest BCUT2D eigenvalue weighted by atomic mass is 10.0. The van der Waals surface area contributed by atoms with E-state index in [9.17, 15) is 4.79 Å². The third-order valence-electron chi connectivity index (χ3n) is 6.19. The molecule has 4 rings (SSSR count). The second-order valence-electron chi connectivity index (χ2n) is 8.32. The van der Waals surface area contributed by atoms with Gasteiger partial charge in [-0.15, -0.1) is 0 Å². The molecular formula is C23H29ClN4O2. The number of amides is 1. The smallest absolute Gasteiger partial charge is 0.224 e. The van der Waals surface area contributed by atoms with Crippen LogP contribution in [0.3, 0.4) is 0 Å². The average molecular weight is 429 g/mol. The molecule has 2 aliphatic rings. The molecule has 1 aliphatic carbocycles. The lowest BCUT2D eigenvalue weighted by Crippen LogP contribution is -2.54. The van der Waals surface area contributed by atoms with Crippen LogP contribution in [0.5, 0.6) is 11.6 Å². The van der Waals surface area contributed by atoms with Crippen LogP contribution >= 0.6 is 11.6 Å². The van der Waals surface area contributed by atoms with Gasteiger partial charge in [0.1, 0.15) is 17.9 Å². The number of hydrogen-bond acceptors (Lipinski definition) is 5. The third kappa shape index (κ3) is 5.04. The molecule has 1 amide bonds. The van der Waals surface area contributed by atoms with Crippen molar-refractivity contribution in [1.82, 2.24) is 14.9 Å². The van der Waals surface area contributed by atoms with Gasteiger partial charge in [0.15, 0.2) is 0 Å². The van der Waals surface area contributed by atoms with Crippen LogP contribution in [0.4, 0.5) is 5.82 Å². The van der Waals surface area contributed by atoms with Crippen LogP contribution in [0.15, 0.2) is 36.7 Å². The van der Waals surface area contributed by atoms with Crippen molar-refractivity contribution >= 4 is 23.3 Å². The molecule has 1 unspecified atom stereocenters. The van der Waals surface area contributed by atoms with Crippen molar-refractivity contribution < 1.29 is 9.53 Å². The van der Waals surface area contributed by atoms with Gasteiger partial charge in [-0.05, 0) is 31.4 Å². The fourth-order valence-electron chi connectivity index (χ4n) is 4.51. The minimum Gasteiger partial charge on any atom is -0.437 e. The van der Waals surface area contributed by atoms with E-state index in [2.05, 4.69) is 21.8 Å². The maximum Gasteiger partial charge on any atom is 0.224 e. The van der Waals surface area contributed by atoms with E-state index in [0.29, 0.717) is 29.0 Å². The molecule has 2 heterocycles. The van der Waals surface area contributed by atoms with E-state index in [1.54, 1.807) is 6.07 Å². The molecule has 1 aromatic heterocycles. The summed E-state index contributed by atoms with van der Waals surface area (Å²) in [7, 11) is 0. The zero-order valence-electron chi connectivity index (χ0n) is 17.5. The number of anilines is 1.